The van der Waals surface area contributed by atoms with Crippen LogP contribution in [0.2, 0.25) is 0 Å². The number of nitrogens with one attached hydrogen (secondary N) is 2. The average Bonchev–Trinajstić information content (AvgIpc) is 2.33. The van der Waals surface area contributed by atoms with Crippen molar-refractivity contribution in [3.63, 3.8) is 0 Å². The standard InChI is InChI=1S/C11H19N3O7/c1-4(11(20)21)13-10(19)8(5(2)15)14-9(18)6(12)3-7(16)17/h4-6,8,15H,3,12H2,1-2H3,(H,13,19)(H,14,18)(H,16,17)(H,20,21)/t4-,5+,6-,8-/m0/s1. The monoisotopic (exact) mass is 305 g/mol. The second-order valence-electron chi connectivity index (χ2n) is 4.50. The molecule has 0 unspecified atom stereocenters. The number of carboxylic acids is 2. The van der Waals surface area contributed by atoms with Crippen LogP contribution in [0.4, 0.5) is 0 Å². The molecule has 0 heterocycles. The van der Waals surface area contributed by atoms with Crippen molar-refractivity contribution in [3.05, 3.63) is 0 Å². The second-order valence-corrected chi connectivity index (χ2v) is 4.50. The zero-order valence-corrected chi connectivity index (χ0v) is 11.6. The van der Waals surface area contributed by atoms with Crippen LogP contribution in [0, 0.1) is 0 Å². The summed E-state index contributed by atoms with van der Waals surface area (Å²) in [6.45, 7) is 2.41. The molecule has 0 radical (unpaired) electrons. The Hall–Kier alpha value is -2.20. The maximum Gasteiger partial charge on any atom is 0.325 e. The molecule has 21 heavy (non-hydrogen) atoms. The Morgan fingerprint density at radius 2 is 1.57 bits per heavy atom. The van der Waals surface area contributed by atoms with Crippen molar-refractivity contribution in [2.45, 2.75) is 44.5 Å². The van der Waals surface area contributed by atoms with Crippen molar-refractivity contribution in [2.75, 3.05) is 0 Å². The lowest BCUT2D eigenvalue weighted by molar-refractivity contribution is -0.143. The first kappa shape index (κ1) is 18.8. The summed E-state index contributed by atoms with van der Waals surface area (Å²) in [6.07, 6.45) is -1.97. The summed E-state index contributed by atoms with van der Waals surface area (Å²) in [6, 6.07) is -4.06. The van der Waals surface area contributed by atoms with Crippen LogP contribution in [0.5, 0.6) is 0 Å². The van der Waals surface area contributed by atoms with Crippen LogP contribution in [0.1, 0.15) is 20.3 Å². The number of carboxylic acid groups (broad SMARTS) is 2. The smallest absolute Gasteiger partial charge is 0.325 e. The molecule has 0 saturated heterocycles. The van der Waals surface area contributed by atoms with Crippen molar-refractivity contribution in [3.8, 4) is 0 Å². The number of amides is 2. The van der Waals surface area contributed by atoms with E-state index in [1.54, 1.807) is 0 Å². The summed E-state index contributed by atoms with van der Waals surface area (Å²) >= 11 is 0. The van der Waals surface area contributed by atoms with Crippen molar-refractivity contribution >= 4 is 23.8 Å². The van der Waals surface area contributed by atoms with Crippen LogP contribution >= 0.6 is 0 Å². The van der Waals surface area contributed by atoms with Gasteiger partial charge in [0.15, 0.2) is 0 Å². The number of carbonyl (C=O) groups excluding carboxylic acids is 2. The molecule has 0 aromatic rings. The lowest BCUT2D eigenvalue weighted by atomic mass is 10.1. The molecule has 0 bridgehead atoms. The summed E-state index contributed by atoms with van der Waals surface area (Å²) in [4.78, 5) is 44.4. The Morgan fingerprint density at radius 3 is 1.95 bits per heavy atom. The Balaban J connectivity index is 4.76. The van der Waals surface area contributed by atoms with Gasteiger partial charge in [0, 0.05) is 0 Å². The van der Waals surface area contributed by atoms with E-state index in [1.165, 1.54) is 13.8 Å². The van der Waals surface area contributed by atoms with Gasteiger partial charge in [-0.1, -0.05) is 0 Å². The third-order valence-corrected chi connectivity index (χ3v) is 2.52. The van der Waals surface area contributed by atoms with Crippen LogP contribution in [-0.4, -0.2) is 63.3 Å². The highest BCUT2D eigenvalue weighted by Gasteiger charge is 2.30. The van der Waals surface area contributed by atoms with Gasteiger partial charge in [-0.2, -0.15) is 0 Å². The number of carbonyl (C=O) groups is 4. The number of rotatable bonds is 8. The number of aliphatic carboxylic acids is 2. The summed E-state index contributed by atoms with van der Waals surface area (Å²) in [5.74, 6) is -4.45. The minimum Gasteiger partial charge on any atom is -0.481 e. The topological polar surface area (TPSA) is 179 Å². The van der Waals surface area contributed by atoms with E-state index in [4.69, 9.17) is 15.9 Å². The summed E-state index contributed by atoms with van der Waals surface area (Å²) in [7, 11) is 0. The highest BCUT2D eigenvalue weighted by Crippen LogP contribution is 1.98. The Morgan fingerprint density at radius 1 is 1.05 bits per heavy atom. The molecule has 0 aliphatic heterocycles. The van der Waals surface area contributed by atoms with Gasteiger partial charge in [-0.3, -0.25) is 19.2 Å². The van der Waals surface area contributed by atoms with Gasteiger partial charge in [-0.05, 0) is 13.8 Å². The van der Waals surface area contributed by atoms with E-state index in [0.29, 0.717) is 0 Å². The van der Waals surface area contributed by atoms with E-state index in [2.05, 4.69) is 10.6 Å². The molecule has 4 atom stereocenters. The first-order valence-electron chi connectivity index (χ1n) is 6.05. The van der Waals surface area contributed by atoms with E-state index in [0.717, 1.165) is 0 Å². The molecule has 0 aliphatic carbocycles. The molecule has 0 rings (SSSR count). The molecule has 2 amide bonds. The first-order valence-corrected chi connectivity index (χ1v) is 6.05. The molecule has 10 heteroatoms. The quantitative estimate of drug-likeness (QED) is 0.279. The first-order chi connectivity index (χ1) is 9.56. The minimum atomic E-state index is -1.45. The van der Waals surface area contributed by atoms with E-state index >= 15 is 0 Å². The molecule has 0 aliphatic rings. The predicted octanol–water partition coefficient (Wildman–Crippen LogP) is -2.76. The van der Waals surface area contributed by atoms with E-state index in [-0.39, 0.29) is 0 Å². The zero-order chi connectivity index (χ0) is 16.7. The summed E-state index contributed by atoms with van der Waals surface area (Å²) < 4.78 is 0. The van der Waals surface area contributed by atoms with Gasteiger partial charge < -0.3 is 31.7 Å². The molecule has 0 aromatic carbocycles. The number of aliphatic hydroxyl groups is 1. The van der Waals surface area contributed by atoms with E-state index in [9.17, 15) is 24.3 Å². The molecular weight excluding hydrogens is 286 g/mol. The lowest BCUT2D eigenvalue weighted by Gasteiger charge is -2.23. The van der Waals surface area contributed by atoms with Crippen LogP contribution in [0.15, 0.2) is 0 Å². The predicted molar refractivity (Wildman–Crippen MR) is 69.1 cm³/mol. The third kappa shape index (κ3) is 6.68. The Labute approximate surface area is 120 Å². The highest BCUT2D eigenvalue weighted by atomic mass is 16.4. The van der Waals surface area contributed by atoms with Crippen LogP contribution in [0.25, 0.3) is 0 Å². The Kier molecular flexibility index (Phi) is 7.31. The molecule has 0 aromatic heterocycles. The fourth-order valence-electron chi connectivity index (χ4n) is 1.31. The van der Waals surface area contributed by atoms with Crippen molar-refractivity contribution in [1.82, 2.24) is 10.6 Å². The SMILES string of the molecule is C[C@H](NC(=O)[C@@H](NC(=O)[C@@H](N)CC(=O)O)[C@@H](C)O)C(=O)O. The molecule has 10 nitrogen and oxygen atoms in total. The maximum absolute atomic E-state index is 11.8. The molecule has 120 valence electrons. The lowest BCUT2D eigenvalue weighted by Crippen LogP contribution is -2.57. The summed E-state index contributed by atoms with van der Waals surface area (Å²) in [5, 5.41) is 30.8. The fourth-order valence-corrected chi connectivity index (χ4v) is 1.31. The number of hydrogen-bond acceptors (Lipinski definition) is 6. The van der Waals surface area contributed by atoms with Crippen molar-refractivity contribution < 1.29 is 34.5 Å². The number of hydrogen-bond donors (Lipinski definition) is 6. The molecule has 0 spiro atoms. The van der Waals surface area contributed by atoms with Gasteiger partial charge in [-0.25, -0.2) is 0 Å². The number of nitrogens with two attached hydrogens (primary N) is 1. The van der Waals surface area contributed by atoms with Crippen molar-refractivity contribution in [2.24, 2.45) is 5.73 Å². The van der Waals surface area contributed by atoms with Crippen molar-refractivity contribution in [1.29, 1.82) is 0 Å². The minimum absolute atomic E-state index is 0.647. The Bertz CT molecular complexity index is 424. The molecule has 0 saturated carbocycles. The third-order valence-electron chi connectivity index (χ3n) is 2.52. The van der Waals surface area contributed by atoms with Gasteiger partial charge >= 0.3 is 11.9 Å². The van der Waals surface area contributed by atoms with E-state index < -0.39 is 54.4 Å². The van der Waals surface area contributed by atoms with E-state index in [1.807, 2.05) is 0 Å². The fraction of sp³-hybridized carbons (Fsp3) is 0.636. The van der Waals surface area contributed by atoms with Gasteiger partial charge in [0.05, 0.1) is 18.6 Å². The second kappa shape index (κ2) is 8.17. The van der Waals surface area contributed by atoms with Gasteiger partial charge in [0.2, 0.25) is 11.8 Å². The maximum atomic E-state index is 11.8. The highest BCUT2D eigenvalue weighted by molar-refractivity contribution is 5.93. The van der Waals surface area contributed by atoms with Crippen LogP contribution < -0.4 is 16.4 Å². The zero-order valence-electron chi connectivity index (χ0n) is 11.6. The number of aliphatic hydroxyl groups excluding tert-OH is 1. The molecule has 7 N–H and O–H groups in total. The van der Waals surface area contributed by atoms with Crippen LogP contribution in [0.3, 0.4) is 0 Å². The van der Waals surface area contributed by atoms with Gasteiger partial charge in [0.25, 0.3) is 0 Å². The summed E-state index contributed by atoms with van der Waals surface area (Å²) in [5.41, 5.74) is 5.32. The normalized spacial score (nSPS) is 16.2. The molecule has 0 fully saturated rings. The van der Waals surface area contributed by atoms with Gasteiger partial charge in [0.1, 0.15) is 12.1 Å². The largest absolute Gasteiger partial charge is 0.481 e. The van der Waals surface area contributed by atoms with Gasteiger partial charge in [-0.15, -0.1) is 0 Å². The average molecular weight is 305 g/mol. The molecular formula is C11H19N3O7. The van der Waals surface area contributed by atoms with Crippen LogP contribution in [-0.2, 0) is 19.2 Å².